The van der Waals surface area contributed by atoms with Gasteiger partial charge in [0.05, 0.1) is 0 Å². The van der Waals surface area contributed by atoms with Gasteiger partial charge in [-0.15, -0.1) is 0 Å². The van der Waals surface area contributed by atoms with Crippen molar-refractivity contribution in [1.82, 2.24) is 4.98 Å². The molecule has 1 aromatic heterocycles. The fourth-order valence-electron chi connectivity index (χ4n) is 1.94. The van der Waals surface area contributed by atoms with E-state index < -0.39 is 5.54 Å². The molecular formula is C14H15FN2. The molecule has 2 aromatic rings. The molecule has 2 N–H and O–H groups in total. The molecule has 0 bridgehead atoms. The van der Waals surface area contributed by atoms with E-state index >= 15 is 0 Å². The molecule has 3 heteroatoms. The number of hydrogen-bond acceptors (Lipinski definition) is 2. The summed E-state index contributed by atoms with van der Waals surface area (Å²) in [7, 11) is 0. The van der Waals surface area contributed by atoms with Crippen LogP contribution in [0, 0.1) is 5.82 Å². The normalized spacial score (nSPS) is 14.3. The summed E-state index contributed by atoms with van der Waals surface area (Å²) in [5.74, 6) is -0.258. The molecule has 0 radical (unpaired) electrons. The van der Waals surface area contributed by atoms with E-state index in [9.17, 15) is 4.39 Å². The summed E-state index contributed by atoms with van der Waals surface area (Å²) in [6.45, 7) is 1.84. The van der Waals surface area contributed by atoms with Gasteiger partial charge in [0.25, 0.3) is 0 Å². The molecule has 0 fully saturated rings. The van der Waals surface area contributed by atoms with Gasteiger partial charge in [0, 0.05) is 23.5 Å². The third-order valence-electron chi connectivity index (χ3n) is 2.81. The Morgan fingerprint density at radius 1 is 1.18 bits per heavy atom. The van der Waals surface area contributed by atoms with Gasteiger partial charge in [-0.05, 0) is 37.1 Å². The lowest BCUT2D eigenvalue weighted by molar-refractivity contribution is 0.457. The Bertz CT molecular complexity index is 495. The van der Waals surface area contributed by atoms with E-state index in [0.29, 0.717) is 12.0 Å². The lowest BCUT2D eigenvalue weighted by Gasteiger charge is -2.25. The van der Waals surface area contributed by atoms with Gasteiger partial charge in [0.2, 0.25) is 0 Å². The zero-order valence-electron chi connectivity index (χ0n) is 9.73. The summed E-state index contributed by atoms with van der Waals surface area (Å²) in [4.78, 5) is 3.95. The highest BCUT2D eigenvalue weighted by Gasteiger charge is 2.24. The topological polar surface area (TPSA) is 38.9 Å². The number of pyridine rings is 1. The van der Waals surface area contributed by atoms with Crippen LogP contribution in [0.4, 0.5) is 4.39 Å². The van der Waals surface area contributed by atoms with Gasteiger partial charge in [0.15, 0.2) is 0 Å². The van der Waals surface area contributed by atoms with Crippen LogP contribution in [0.25, 0.3) is 0 Å². The predicted octanol–water partition coefficient (Wildman–Crippen LogP) is 2.64. The Kier molecular flexibility index (Phi) is 3.20. The van der Waals surface area contributed by atoms with E-state index in [1.807, 2.05) is 19.1 Å². The maximum Gasteiger partial charge on any atom is 0.128 e. The van der Waals surface area contributed by atoms with Crippen molar-refractivity contribution in [2.24, 2.45) is 5.73 Å². The SMILES string of the molecule is CC(N)(Cc1ccncc1)c1ccccc1F. The smallest absolute Gasteiger partial charge is 0.128 e. The fourth-order valence-corrected chi connectivity index (χ4v) is 1.94. The molecule has 1 aromatic carbocycles. The lowest BCUT2D eigenvalue weighted by Crippen LogP contribution is -2.36. The van der Waals surface area contributed by atoms with Crippen LogP contribution in [-0.4, -0.2) is 4.98 Å². The van der Waals surface area contributed by atoms with Crippen molar-refractivity contribution in [1.29, 1.82) is 0 Å². The first-order valence-electron chi connectivity index (χ1n) is 5.52. The van der Waals surface area contributed by atoms with E-state index in [4.69, 9.17) is 5.73 Å². The Morgan fingerprint density at radius 2 is 1.82 bits per heavy atom. The van der Waals surface area contributed by atoms with Crippen molar-refractivity contribution in [3.63, 3.8) is 0 Å². The number of hydrogen-bond donors (Lipinski definition) is 1. The number of rotatable bonds is 3. The van der Waals surface area contributed by atoms with Crippen LogP contribution in [0.2, 0.25) is 0 Å². The second-order valence-corrected chi connectivity index (χ2v) is 4.43. The van der Waals surface area contributed by atoms with E-state index in [2.05, 4.69) is 4.98 Å². The first-order chi connectivity index (χ1) is 8.09. The van der Waals surface area contributed by atoms with Gasteiger partial charge in [-0.3, -0.25) is 4.98 Å². The molecule has 0 aliphatic heterocycles. The lowest BCUT2D eigenvalue weighted by atomic mass is 9.86. The summed E-state index contributed by atoms with van der Waals surface area (Å²) in [6, 6.07) is 10.4. The standard InChI is InChI=1S/C14H15FN2/c1-14(16,10-11-6-8-17-9-7-11)12-4-2-3-5-13(12)15/h2-9H,10,16H2,1H3. The molecule has 0 amide bonds. The largest absolute Gasteiger partial charge is 0.321 e. The summed E-state index contributed by atoms with van der Waals surface area (Å²) in [6.07, 6.45) is 4.01. The molecule has 17 heavy (non-hydrogen) atoms. The van der Waals surface area contributed by atoms with Crippen molar-refractivity contribution in [2.75, 3.05) is 0 Å². The number of aromatic nitrogens is 1. The zero-order chi connectivity index (χ0) is 12.3. The van der Waals surface area contributed by atoms with Crippen molar-refractivity contribution in [2.45, 2.75) is 18.9 Å². The number of halogens is 1. The molecule has 2 nitrogen and oxygen atoms in total. The van der Waals surface area contributed by atoms with E-state index in [0.717, 1.165) is 5.56 Å². The average molecular weight is 230 g/mol. The monoisotopic (exact) mass is 230 g/mol. The molecule has 0 spiro atoms. The molecule has 2 rings (SSSR count). The van der Waals surface area contributed by atoms with Crippen LogP contribution in [0.3, 0.4) is 0 Å². The van der Waals surface area contributed by atoms with Crippen LogP contribution < -0.4 is 5.73 Å². The van der Waals surface area contributed by atoms with Crippen molar-refractivity contribution in [3.8, 4) is 0 Å². The van der Waals surface area contributed by atoms with Gasteiger partial charge < -0.3 is 5.73 Å². The van der Waals surface area contributed by atoms with Crippen molar-refractivity contribution >= 4 is 0 Å². The third kappa shape index (κ3) is 2.68. The molecular weight excluding hydrogens is 215 g/mol. The second-order valence-electron chi connectivity index (χ2n) is 4.43. The Labute approximate surface area is 100 Å². The van der Waals surface area contributed by atoms with Crippen molar-refractivity contribution < 1.29 is 4.39 Å². The first-order valence-corrected chi connectivity index (χ1v) is 5.52. The quantitative estimate of drug-likeness (QED) is 0.880. The summed E-state index contributed by atoms with van der Waals surface area (Å²) in [5, 5.41) is 0. The minimum Gasteiger partial charge on any atom is -0.321 e. The van der Waals surface area contributed by atoms with E-state index in [-0.39, 0.29) is 5.82 Å². The van der Waals surface area contributed by atoms with Crippen LogP contribution in [0.15, 0.2) is 48.8 Å². The van der Waals surface area contributed by atoms with E-state index in [1.165, 1.54) is 6.07 Å². The van der Waals surface area contributed by atoms with Gasteiger partial charge in [-0.2, -0.15) is 0 Å². The highest BCUT2D eigenvalue weighted by atomic mass is 19.1. The highest BCUT2D eigenvalue weighted by molar-refractivity contribution is 5.28. The Balaban J connectivity index is 2.28. The van der Waals surface area contributed by atoms with Gasteiger partial charge in [0.1, 0.15) is 5.82 Å². The highest BCUT2D eigenvalue weighted by Crippen LogP contribution is 2.24. The van der Waals surface area contributed by atoms with Gasteiger partial charge in [-0.25, -0.2) is 4.39 Å². The summed E-state index contributed by atoms with van der Waals surface area (Å²) >= 11 is 0. The average Bonchev–Trinajstić information content (AvgIpc) is 2.30. The molecule has 1 unspecified atom stereocenters. The number of nitrogens with two attached hydrogens (primary N) is 1. The van der Waals surface area contributed by atoms with Crippen LogP contribution in [0.1, 0.15) is 18.1 Å². The maximum absolute atomic E-state index is 13.7. The molecule has 0 saturated heterocycles. The Hall–Kier alpha value is -1.74. The number of nitrogens with zero attached hydrogens (tertiary/aromatic N) is 1. The maximum atomic E-state index is 13.7. The Morgan fingerprint density at radius 3 is 2.47 bits per heavy atom. The van der Waals surface area contributed by atoms with Crippen LogP contribution in [0.5, 0.6) is 0 Å². The van der Waals surface area contributed by atoms with Crippen molar-refractivity contribution in [3.05, 3.63) is 65.7 Å². The molecule has 1 atom stereocenters. The minimum atomic E-state index is -0.716. The predicted molar refractivity (Wildman–Crippen MR) is 65.9 cm³/mol. The van der Waals surface area contributed by atoms with Gasteiger partial charge in [-0.1, -0.05) is 18.2 Å². The summed E-state index contributed by atoms with van der Waals surface area (Å²) < 4.78 is 13.7. The van der Waals surface area contributed by atoms with Gasteiger partial charge >= 0.3 is 0 Å². The van der Waals surface area contributed by atoms with Crippen LogP contribution in [-0.2, 0) is 12.0 Å². The second kappa shape index (κ2) is 4.63. The molecule has 0 aliphatic carbocycles. The molecule has 0 saturated carbocycles. The minimum absolute atomic E-state index is 0.258. The first kappa shape index (κ1) is 11.7. The zero-order valence-corrected chi connectivity index (χ0v) is 9.73. The molecule has 1 heterocycles. The third-order valence-corrected chi connectivity index (χ3v) is 2.81. The molecule has 88 valence electrons. The number of benzene rings is 1. The summed E-state index contributed by atoms with van der Waals surface area (Å²) in [5.41, 5.74) is 7.08. The van der Waals surface area contributed by atoms with Crippen LogP contribution >= 0.6 is 0 Å². The fraction of sp³-hybridized carbons (Fsp3) is 0.214. The van der Waals surface area contributed by atoms with E-state index in [1.54, 1.807) is 30.6 Å². The molecule has 0 aliphatic rings.